The average Bonchev–Trinajstić information content (AvgIpc) is 2.14. The molecular weight excluding hydrogens is 263 g/mol. The number of amides is 1. The van der Waals surface area contributed by atoms with Gasteiger partial charge in [0.1, 0.15) is 12.2 Å². The molecule has 0 heterocycles. The molecule has 5 heteroatoms. The summed E-state index contributed by atoms with van der Waals surface area (Å²) in [4.78, 5) is 11.1. The molecule has 0 spiro atoms. The first kappa shape index (κ1) is 11.7. The van der Waals surface area contributed by atoms with Gasteiger partial charge in [-0.25, -0.2) is 4.39 Å². The first-order valence-corrected chi connectivity index (χ1v) is 4.96. The van der Waals surface area contributed by atoms with Gasteiger partial charge < -0.3 is 5.32 Å². The van der Waals surface area contributed by atoms with Crippen LogP contribution in [-0.4, -0.2) is 5.91 Å². The van der Waals surface area contributed by atoms with Crippen molar-refractivity contribution < 1.29 is 9.18 Å². The molecule has 0 atom stereocenters. The Morgan fingerprint density at radius 3 is 2.93 bits per heavy atom. The van der Waals surface area contributed by atoms with Crippen LogP contribution >= 0.6 is 15.9 Å². The highest BCUT2D eigenvalue weighted by atomic mass is 79.9. The normalized spacial score (nSPS) is 9.47. The van der Waals surface area contributed by atoms with E-state index in [4.69, 9.17) is 5.26 Å². The molecule has 0 aliphatic rings. The smallest absolute Gasteiger partial charge is 0.238 e. The number of carbonyl (C=O) groups excluding carboxylic acids is 1. The van der Waals surface area contributed by atoms with E-state index < -0.39 is 5.91 Å². The van der Waals surface area contributed by atoms with Crippen molar-refractivity contribution in [2.45, 2.75) is 13.3 Å². The zero-order chi connectivity index (χ0) is 11.4. The molecule has 0 aliphatic heterocycles. The summed E-state index contributed by atoms with van der Waals surface area (Å²) in [5.74, 6) is -0.787. The number of carbonyl (C=O) groups is 1. The Morgan fingerprint density at radius 2 is 2.33 bits per heavy atom. The summed E-state index contributed by atoms with van der Waals surface area (Å²) in [5, 5.41) is 10.8. The molecule has 1 amide bonds. The van der Waals surface area contributed by atoms with Crippen LogP contribution in [0, 0.1) is 24.1 Å². The van der Waals surface area contributed by atoms with Crippen LogP contribution in [0.4, 0.5) is 10.1 Å². The second-order valence-electron chi connectivity index (χ2n) is 2.96. The van der Waals surface area contributed by atoms with E-state index in [2.05, 4.69) is 21.2 Å². The first-order chi connectivity index (χ1) is 7.04. The van der Waals surface area contributed by atoms with Crippen molar-refractivity contribution in [3.63, 3.8) is 0 Å². The van der Waals surface area contributed by atoms with Crippen molar-refractivity contribution in [3.8, 4) is 6.07 Å². The van der Waals surface area contributed by atoms with Crippen LogP contribution in [0.25, 0.3) is 0 Å². The number of hydrogen-bond donors (Lipinski definition) is 1. The van der Waals surface area contributed by atoms with Gasteiger partial charge in [-0.05, 0) is 40.5 Å². The van der Waals surface area contributed by atoms with Gasteiger partial charge in [0.05, 0.1) is 10.5 Å². The number of hydrogen-bond acceptors (Lipinski definition) is 2. The largest absolute Gasteiger partial charge is 0.325 e. The van der Waals surface area contributed by atoms with Crippen LogP contribution in [0.5, 0.6) is 0 Å². The predicted octanol–water partition coefficient (Wildman–Crippen LogP) is 2.75. The number of anilines is 1. The molecule has 15 heavy (non-hydrogen) atoms. The Hall–Kier alpha value is -1.41. The minimum Gasteiger partial charge on any atom is -0.325 e. The summed E-state index contributed by atoms with van der Waals surface area (Å²) in [6.45, 7) is 1.68. The lowest BCUT2D eigenvalue weighted by Crippen LogP contribution is -2.11. The average molecular weight is 271 g/mol. The molecule has 0 aromatic heterocycles. The molecular formula is C10H8BrFN2O. The number of nitrogens with zero attached hydrogens (tertiary/aromatic N) is 1. The Morgan fingerprint density at radius 1 is 1.67 bits per heavy atom. The van der Waals surface area contributed by atoms with E-state index in [-0.39, 0.29) is 16.7 Å². The lowest BCUT2D eigenvalue weighted by Gasteiger charge is -2.07. The molecule has 0 saturated heterocycles. The maximum absolute atomic E-state index is 13.0. The fraction of sp³-hybridized carbons (Fsp3) is 0.200. The molecule has 0 saturated carbocycles. The SMILES string of the molecule is Cc1cc(F)c(Br)cc1NC(=O)CC#N. The molecule has 1 N–H and O–H groups in total. The number of nitrogens with one attached hydrogen (secondary N) is 1. The Labute approximate surface area is 95.0 Å². The minimum atomic E-state index is -0.404. The first-order valence-electron chi connectivity index (χ1n) is 4.17. The standard InChI is InChI=1S/C10H8BrFN2O/c1-6-4-8(12)7(11)5-9(6)14-10(15)2-3-13/h4-5H,2H2,1H3,(H,14,15). The highest BCUT2D eigenvalue weighted by Crippen LogP contribution is 2.24. The number of halogens is 2. The number of rotatable bonds is 2. The Bertz CT molecular complexity index is 440. The van der Waals surface area contributed by atoms with Gasteiger partial charge in [-0.3, -0.25) is 4.79 Å². The van der Waals surface area contributed by atoms with Crippen molar-refractivity contribution in [2.75, 3.05) is 5.32 Å². The predicted molar refractivity (Wildman–Crippen MR) is 57.7 cm³/mol. The van der Waals surface area contributed by atoms with Gasteiger partial charge in [-0.15, -0.1) is 0 Å². The van der Waals surface area contributed by atoms with Gasteiger partial charge in [0.25, 0.3) is 0 Å². The summed E-state index contributed by atoms with van der Waals surface area (Å²) < 4.78 is 13.3. The van der Waals surface area contributed by atoms with Crippen LogP contribution in [0.2, 0.25) is 0 Å². The lowest BCUT2D eigenvalue weighted by atomic mass is 10.2. The van der Waals surface area contributed by atoms with Gasteiger partial charge in [0, 0.05) is 5.69 Å². The lowest BCUT2D eigenvalue weighted by molar-refractivity contribution is -0.115. The fourth-order valence-corrected chi connectivity index (χ4v) is 1.39. The monoisotopic (exact) mass is 270 g/mol. The van der Waals surface area contributed by atoms with Gasteiger partial charge in [-0.2, -0.15) is 5.26 Å². The molecule has 0 radical (unpaired) electrons. The van der Waals surface area contributed by atoms with Crippen molar-refractivity contribution in [3.05, 3.63) is 28.0 Å². The highest BCUT2D eigenvalue weighted by Gasteiger charge is 2.07. The Balaban J connectivity index is 2.92. The summed E-state index contributed by atoms with van der Waals surface area (Å²) in [6.07, 6.45) is -0.214. The minimum absolute atomic E-state index is 0.214. The zero-order valence-corrected chi connectivity index (χ0v) is 9.56. The van der Waals surface area contributed by atoms with Gasteiger partial charge in [0.2, 0.25) is 5.91 Å². The third-order valence-electron chi connectivity index (χ3n) is 1.78. The topological polar surface area (TPSA) is 52.9 Å². The summed E-state index contributed by atoms with van der Waals surface area (Å²) in [5.41, 5.74) is 1.12. The van der Waals surface area contributed by atoms with Crippen LogP contribution in [0.15, 0.2) is 16.6 Å². The molecule has 1 aromatic rings. The number of benzene rings is 1. The second-order valence-corrected chi connectivity index (χ2v) is 3.82. The van der Waals surface area contributed by atoms with Crippen molar-refractivity contribution in [1.82, 2.24) is 0 Å². The summed E-state index contributed by atoms with van der Waals surface area (Å²) >= 11 is 3.02. The van der Waals surface area contributed by atoms with E-state index in [0.717, 1.165) is 0 Å². The van der Waals surface area contributed by atoms with Crippen LogP contribution < -0.4 is 5.32 Å². The van der Waals surface area contributed by atoms with E-state index in [9.17, 15) is 9.18 Å². The molecule has 1 rings (SSSR count). The number of nitriles is 1. The van der Waals surface area contributed by atoms with Crippen molar-refractivity contribution >= 4 is 27.5 Å². The van der Waals surface area contributed by atoms with Gasteiger partial charge in [-0.1, -0.05) is 0 Å². The maximum Gasteiger partial charge on any atom is 0.238 e. The summed E-state index contributed by atoms with van der Waals surface area (Å²) in [7, 11) is 0. The van der Waals surface area contributed by atoms with Crippen molar-refractivity contribution in [2.24, 2.45) is 0 Å². The van der Waals surface area contributed by atoms with E-state index in [1.165, 1.54) is 12.1 Å². The van der Waals surface area contributed by atoms with Gasteiger partial charge in [0.15, 0.2) is 0 Å². The van der Waals surface area contributed by atoms with E-state index in [1.807, 2.05) is 0 Å². The third kappa shape index (κ3) is 3.03. The molecule has 1 aromatic carbocycles. The fourth-order valence-electron chi connectivity index (χ4n) is 1.05. The quantitative estimate of drug-likeness (QED) is 0.899. The number of aryl methyl sites for hydroxylation is 1. The van der Waals surface area contributed by atoms with E-state index in [0.29, 0.717) is 11.3 Å². The molecule has 0 bridgehead atoms. The van der Waals surface area contributed by atoms with E-state index in [1.54, 1.807) is 13.0 Å². The Kier molecular flexibility index (Phi) is 3.81. The zero-order valence-electron chi connectivity index (χ0n) is 7.97. The molecule has 0 aliphatic carbocycles. The summed E-state index contributed by atoms with van der Waals surface area (Å²) in [6, 6.07) is 4.52. The van der Waals surface area contributed by atoms with Crippen molar-refractivity contribution in [1.29, 1.82) is 5.26 Å². The molecule has 3 nitrogen and oxygen atoms in total. The molecule has 0 unspecified atom stereocenters. The molecule has 0 fully saturated rings. The van der Waals surface area contributed by atoms with E-state index >= 15 is 0 Å². The third-order valence-corrected chi connectivity index (χ3v) is 2.39. The van der Waals surface area contributed by atoms with Crippen LogP contribution in [-0.2, 0) is 4.79 Å². The maximum atomic E-state index is 13.0. The molecule has 78 valence electrons. The second kappa shape index (κ2) is 4.89. The van der Waals surface area contributed by atoms with Crippen LogP contribution in [0.3, 0.4) is 0 Å². The van der Waals surface area contributed by atoms with Crippen LogP contribution in [0.1, 0.15) is 12.0 Å². The van der Waals surface area contributed by atoms with Gasteiger partial charge >= 0.3 is 0 Å². The highest BCUT2D eigenvalue weighted by molar-refractivity contribution is 9.10.